The highest BCUT2D eigenvalue weighted by molar-refractivity contribution is 6.32. The minimum Gasteiger partial charge on any atom is -0.482 e. The van der Waals surface area contributed by atoms with E-state index in [1.54, 1.807) is 43.3 Å². The van der Waals surface area contributed by atoms with E-state index < -0.39 is 6.04 Å². The number of ether oxygens (including phenoxy) is 1. The van der Waals surface area contributed by atoms with Gasteiger partial charge in [0.15, 0.2) is 6.61 Å². The van der Waals surface area contributed by atoms with Crippen molar-refractivity contribution >= 4 is 35.0 Å². The van der Waals surface area contributed by atoms with Crippen LogP contribution >= 0.6 is 23.2 Å². The molecule has 0 aliphatic heterocycles. The van der Waals surface area contributed by atoms with Crippen molar-refractivity contribution in [1.29, 1.82) is 0 Å². The Hall–Kier alpha value is -2.24. The monoisotopic (exact) mass is 436 g/mol. The Labute approximate surface area is 181 Å². The Bertz CT molecular complexity index is 829. The molecule has 156 valence electrons. The number of unbranched alkanes of at least 4 members (excludes halogenated alkanes) is 1. The summed E-state index contributed by atoms with van der Waals surface area (Å²) in [6.07, 6.45) is 1.86. The Morgan fingerprint density at radius 2 is 1.90 bits per heavy atom. The summed E-state index contributed by atoms with van der Waals surface area (Å²) in [4.78, 5) is 27.0. The number of amides is 2. The Morgan fingerprint density at radius 3 is 2.59 bits per heavy atom. The smallest absolute Gasteiger partial charge is 0.261 e. The van der Waals surface area contributed by atoms with Gasteiger partial charge in [-0.25, -0.2) is 0 Å². The van der Waals surface area contributed by atoms with Crippen LogP contribution in [0.2, 0.25) is 10.0 Å². The molecule has 1 N–H and O–H groups in total. The van der Waals surface area contributed by atoms with Crippen molar-refractivity contribution in [3.8, 4) is 5.75 Å². The summed E-state index contributed by atoms with van der Waals surface area (Å²) in [5.41, 5.74) is 0.830. The van der Waals surface area contributed by atoms with Crippen LogP contribution in [0.25, 0.3) is 0 Å². The summed E-state index contributed by atoms with van der Waals surface area (Å²) in [5.74, 6) is -0.0973. The van der Waals surface area contributed by atoms with Crippen LogP contribution in [0.4, 0.5) is 0 Å². The predicted octanol–water partition coefficient (Wildman–Crippen LogP) is 4.71. The Kier molecular flexibility index (Phi) is 9.29. The lowest BCUT2D eigenvalue weighted by Gasteiger charge is -2.29. The molecule has 0 unspecified atom stereocenters. The molecule has 5 nitrogen and oxygen atoms in total. The maximum Gasteiger partial charge on any atom is 0.261 e. The van der Waals surface area contributed by atoms with Gasteiger partial charge in [-0.1, -0.05) is 60.8 Å². The zero-order chi connectivity index (χ0) is 21.2. The van der Waals surface area contributed by atoms with Gasteiger partial charge in [-0.2, -0.15) is 0 Å². The standard InChI is InChI=1S/C22H26Cl2N2O3/c1-3-4-12-25-22(28)16(2)26(14-17-8-7-9-18(23)13-17)21(27)15-29-20-11-6-5-10-19(20)24/h5-11,13,16H,3-4,12,14-15H2,1-2H3,(H,25,28)/t16-/m0/s1. The van der Waals surface area contributed by atoms with E-state index in [-0.39, 0.29) is 25.0 Å². The second-order valence-electron chi connectivity index (χ2n) is 6.69. The van der Waals surface area contributed by atoms with Gasteiger partial charge in [0.25, 0.3) is 5.91 Å². The quantitative estimate of drug-likeness (QED) is 0.548. The molecule has 0 bridgehead atoms. The molecule has 1 atom stereocenters. The number of nitrogens with zero attached hydrogens (tertiary/aromatic N) is 1. The SMILES string of the molecule is CCCCNC(=O)[C@H](C)N(Cc1cccc(Cl)c1)C(=O)COc1ccccc1Cl. The van der Waals surface area contributed by atoms with Crippen LogP contribution in [-0.2, 0) is 16.1 Å². The van der Waals surface area contributed by atoms with E-state index >= 15 is 0 Å². The third-order valence-electron chi connectivity index (χ3n) is 4.43. The van der Waals surface area contributed by atoms with Crippen LogP contribution < -0.4 is 10.1 Å². The molecule has 2 amide bonds. The van der Waals surface area contributed by atoms with E-state index in [0.29, 0.717) is 22.3 Å². The lowest BCUT2D eigenvalue weighted by molar-refractivity contribution is -0.142. The molecule has 29 heavy (non-hydrogen) atoms. The van der Waals surface area contributed by atoms with Crippen molar-refractivity contribution in [2.75, 3.05) is 13.2 Å². The zero-order valence-corrected chi connectivity index (χ0v) is 18.2. The summed E-state index contributed by atoms with van der Waals surface area (Å²) in [7, 11) is 0. The molecular weight excluding hydrogens is 411 g/mol. The number of para-hydroxylation sites is 1. The number of hydrogen-bond acceptors (Lipinski definition) is 3. The van der Waals surface area contributed by atoms with Crippen LogP contribution in [0.5, 0.6) is 5.75 Å². The second kappa shape index (κ2) is 11.7. The number of halogens is 2. The molecule has 2 aromatic rings. The third kappa shape index (κ3) is 7.26. The van der Waals surface area contributed by atoms with Gasteiger partial charge in [-0.15, -0.1) is 0 Å². The molecule has 2 aromatic carbocycles. The van der Waals surface area contributed by atoms with Gasteiger partial charge < -0.3 is 15.0 Å². The average molecular weight is 437 g/mol. The van der Waals surface area contributed by atoms with Gasteiger partial charge in [0, 0.05) is 18.1 Å². The van der Waals surface area contributed by atoms with E-state index in [2.05, 4.69) is 12.2 Å². The Balaban J connectivity index is 2.12. The largest absolute Gasteiger partial charge is 0.482 e. The van der Waals surface area contributed by atoms with Gasteiger partial charge in [0.05, 0.1) is 5.02 Å². The fraction of sp³-hybridized carbons (Fsp3) is 0.364. The van der Waals surface area contributed by atoms with Crippen molar-refractivity contribution in [3.05, 3.63) is 64.1 Å². The molecule has 7 heteroatoms. The second-order valence-corrected chi connectivity index (χ2v) is 7.53. The van der Waals surface area contributed by atoms with Crippen LogP contribution in [0, 0.1) is 0 Å². The fourth-order valence-corrected chi connectivity index (χ4v) is 3.14. The van der Waals surface area contributed by atoms with Crippen LogP contribution in [0.15, 0.2) is 48.5 Å². The summed E-state index contributed by atoms with van der Waals surface area (Å²) in [6, 6.07) is 13.5. The highest BCUT2D eigenvalue weighted by Gasteiger charge is 2.26. The number of benzene rings is 2. The minimum atomic E-state index is -0.659. The first-order valence-corrected chi connectivity index (χ1v) is 10.4. The predicted molar refractivity (Wildman–Crippen MR) is 116 cm³/mol. The van der Waals surface area contributed by atoms with Crippen LogP contribution in [-0.4, -0.2) is 35.9 Å². The van der Waals surface area contributed by atoms with Gasteiger partial charge >= 0.3 is 0 Å². The first-order valence-electron chi connectivity index (χ1n) is 9.61. The molecule has 0 aromatic heterocycles. The molecule has 0 saturated heterocycles. The summed E-state index contributed by atoms with van der Waals surface area (Å²) in [5, 5.41) is 3.87. The number of carbonyl (C=O) groups excluding carboxylic acids is 2. The molecule has 0 fully saturated rings. The normalized spacial score (nSPS) is 11.6. The van der Waals surface area contributed by atoms with Gasteiger partial charge in [0.1, 0.15) is 11.8 Å². The van der Waals surface area contributed by atoms with Gasteiger partial charge in [-0.3, -0.25) is 9.59 Å². The van der Waals surface area contributed by atoms with Crippen molar-refractivity contribution < 1.29 is 14.3 Å². The van der Waals surface area contributed by atoms with E-state index in [0.717, 1.165) is 18.4 Å². The van der Waals surface area contributed by atoms with Crippen LogP contribution in [0.1, 0.15) is 32.3 Å². The van der Waals surface area contributed by atoms with E-state index in [4.69, 9.17) is 27.9 Å². The molecular formula is C22H26Cl2N2O3. The first kappa shape index (κ1) is 23.0. The van der Waals surface area contributed by atoms with Crippen LogP contribution in [0.3, 0.4) is 0 Å². The van der Waals surface area contributed by atoms with Crippen molar-refractivity contribution in [3.63, 3.8) is 0 Å². The number of hydrogen-bond donors (Lipinski definition) is 1. The van der Waals surface area contributed by atoms with Crippen molar-refractivity contribution in [1.82, 2.24) is 10.2 Å². The zero-order valence-electron chi connectivity index (χ0n) is 16.7. The Morgan fingerprint density at radius 1 is 1.14 bits per heavy atom. The van der Waals surface area contributed by atoms with E-state index in [1.165, 1.54) is 4.90 Å². The molecule has 0 spiro atoms. The van der Waals surface area contributed by atoms with Crippen molar-refractivity contribution in [2.45, 2.75) is 39.3 Å². The maximum atomic E-state index is 12.9. The van der Waals surface area contributed by atoms with Crippen molar-refractivity contribution in [2.24, 2.45) is 0 Å². The number of nitrogens with one attached hydrogen (secondary N) is 1. The number of rotatable bonds is 10. The van der Waals surface area contributed by atoms with Gasteiger partial charge in [0.2, 0.25) is 5.91 Å². The number of carbonyl (C=O) groups is 2. The molecule has 0 aliphatic carbocycles. The first-order chi connectivity index (χ1) is 13.9. The van der Waals surface area contributed by atoms with E-state index in [9.17, 15) is 9.59 Å². The maximum absolute atomic E-state index is 12.9. The molecule has 2 rings (SSSR count). The molecule has 0 saturated carbocycles. The molecule has 0 heterocycles. The lowest BCUT2D eigenvalue weighted by atomic mass is 10.1. The summed E-state index contributed by atoms with van der Waals surface area (Å²) < 4.78 is 5.59. The van der Waals surface area contributed by atoms with Gasteiger partial charge in [-0.05, 0) is 43.2 Å². The topological polar surface area (TPSA) is 58.6 Å². The van der Waals surface area contributed by atoms with E-state index in [1.807, 2.05) is 12.1 Å². The summed E-state index contributed by atoms with van der Waals surface area (Å²) in [6.45, 7) is 4.36. The molecule has 0 radical (unpaired) electrons. The minimum absolute atomic E-state index is 0.202. The third-order valence-corrected chi connectivity index (χ3v) is 4.97. The average Bonchev–Trinajstić information content (AvgIpc) is 2.71. The highest BCUT2D eigenvalue weighted by atomic mass is 35.5. The highest BCUT2D eigenvalue weighted by Crippen LogP contribution is 2.23. The summed E-state index contributed by atoms with van der Waals surface area (Å²) >= 11 is 12.2. The fourth-order valence-electron chi connectivity index (χ4n) is 2.73. The lowest BCUT2D eigenvalue weighted by Crippen LogP contribution is -2.49. The molecule has 0 aliphatic rings.